The highest BCUT2D eigenvalue weighted by atomic mass is 16.5. The molecule has 25 heavy (non-hydrogen) atoms. The van der Waals surface area contributed by atoms with E-state index >= 15 is 0 Å². The lowest BCUT2D eigenvalue weighted by Gasteiger charge is -2.17. The molecule has 3 aromatic rings. The van der Waals surface area contributed by atoms with Gasteiger partial charge in [-0.25, -0.2) is 0 Å². The Morgan fingerprint density at radius 1 is 0.680 bits per heavy atom. The maximum absolute atomic E-state index is 9.13. The van der Waals surface area contributed by atoms with Crippen LogP contribution in [0.1, 0.15) is 0 Å². The van der Waals surface area contributed by atoms with Crippen molar-refractivity contribution >= 4 is 10.8 Å². The van der Waals surface area contributed by atoms with Gasteiger partial charge >= 0.3 is 0 Å². The van der Waals surface area contributed by atoms with Crippen LogP contribution in [-0.2, 0) is 0 Å². The lowest BCUT2D eigenvalue weighted by Crippen LogP contribution is -2.05. The summed E-state index contributed by atoms with van der Waals surface area (Å²) in [5, 5.41) is 19.9. The molecule has 0 saturated heterocycles. The number of ether oxygens (including phenoxy) is 3. The van der Waals surface area contributed by atoms with E-state index in [-0.39, 0.29) is 26.4 Å². The normalized spacial score (nSPS) is 10.6. The van der Waals surface area contributed by atoms with Crippen molar-refractivity contribution in [3.63, 3.8) is 0 Å². The first-order valence-corrected chi connectivity index (χ1v) is 8.09. The predicted octanol–water partition coefficient (Wildman–Crippen LogP) is 3.37. The Bertz CT molecular complexity index is 817. The van der Waals surface area contributed by atoms with E-state index in [1.54, 1.807) is 6.07 Å². The van der Waals surface area contributed by atoms with E-state index in [1.165, 1.54) is 0 Å². The molecule has 0 heterocycles. The van der Waals surface area contributed by atoms with E-state index < -0.39 is 0 Å². The molecule has 0 unspecified atom stereocenters. The van der Waals surface area contributed by atoms with Crippen molar-refractivity contribution in [3.05, 3.63) is 60.7 Å². The average Bonchev–Trinajstić information content (AvgIpc) is 2.66. The summed E-state index contributed by atoms with van der Waals surface area (Å²) in [5.41, 5.74) is 0. The van der Waals surface area contributed by atoms with Crippen LogP contribution in [-0.4, -0.2) is 36.6 Å². The zero-order chi connectivity index (χ0) is 17.5. The fourth-order valence-electron chi connectivity index (χ4n) is 2.55. The summed E-state index contributed by atoms with van der Waals surface area (Å²) in [6.07, 6.45) is 0. The van der Waals surface area contributed by atoms with Gasteiger partial charge in [-0.15, -0.1) is 0 Å². The smallest absolute Gasteiger partial charge is 0.173 e. The van der Waals surface area contributed by atoms with Crippen LogP contribution in [0.5, 0.6) is 23.0 Å². The molecule has 0 atom stereocenters. The van der Waals surface area contributed by atoms with Gasteiger partial charge in [-0.05, 0) is 12.1 Å². The highest BCUT2D eigenvalue weighted by Gasteiger charge is 2.16. The van der Waals surface area contributed by atoms with Crippen LogP contribution in [0.4, 0.5) is 0 Å². The van der Waals surface area contributed by atoms with Crippen LogP contribution in [0.2, 0.25) is 0 Å². The van der Waals surface area contributed by atoms with Crippen molar-refractivity contribution in [1.82, 2.24) is 0 Å². The fraction of sp³-hybridized carbons (Fsp3) is 0.200. The molecular formula is C20H20O5. The largest absolute Gasteiger partial charge is 0.490 e. The first-order valence-electron chi connectivity index (χ1n) is 8.09. The molecule has 130 valence electrons. The summed E-state index contributed by atoms with van der Waals surface area (Å²) < 4.78 is 17.4. The molecule has 3 aromatic carbocycles. The molecule has 5 heteroatoms. The third-order valence-corrected chi connectivity index (χ3v) is 3.58. The second-order valence-corrected chi connectivity index (χ2v) is 5.31. The summed E-state index contributed by atoms with van der Waals surface area (Å²) in [5.74, 6) is 2.31. The molecule has 0 amide bonds. The summed E-state index contributed by atoms with van der Waals surface area (Å²) >= 11 is 0. The molecule has 0 saturated carbocycles. The van der Waals surface area contributed by atoms with Gasteiger partial charge in [0.05, 0.1) is 13.2 Å². The number of para-hydroxylation sites is 1. The summed E-state index contributed by atoms with van der Waals surface area (Å²) in [4.78, 5) is 0. The molecule has 0 fully saturated rings. The Labute approximate surface area is 146 Å². The number of aliphatic hydroxyl groups excluding tert-OH is 2. The SMILES string of the molecule is OCCOc1cc(Oc2ccccc2)c(OCCO)c2ccccc12. The van der Waals surface area contributed by atoms with E-state index in [4.69, 9.17) is 24.4 Å². The monoisotopic (exact) mass is 340 g/mol. The van der Waals surface area contributed by atoms with Crippen LogP contribution >= 0.6 is 0 Å². The van der Waals surface area contributed by atoms with Crippen LogP contribution < -0.4 is 14.2 Å². The van der Waals surface area contributed by atoms with E-state index in [1.807, 2.05) is 54.6 Å². The number of hydrogen-bond acceptors (Lipinski definition) is 5. The van der Waals surface area contributed by atoms with Gasteiger partial charge in [-0.1, -0.05) is 42.5 Å². The molecule has 5 nitrogen and oxygen atoms in total. The van der Waals surface area contributed by atoms with Crippen molar-refractivity contribution in [2.24, 2.45) is 0 Å². The number of aliphatic hydroxyl groups is 2. The van der Waals surface area contributed by atoms with Gasteiger partial charge in [0.2, 0.25) is 0 Å². The second kappa shape index (κ2) is 8.37. The standard InChI is InChI=1S/C20H20O5/c21-10-12-23-18-14-19(25-15-6-2-1-3-7-15)20(24-13-11-22)17-9-5-4-8-16(17)18/h1-9,14,21-22H,10-13H2. The molecule has 0 bridgehead atoms. The topological polar surface area (TPSA) is 68.2 Å². The van der Waals surface area contributed by atoms with Crippen molar-refractivity contribution in [3.8, 4) is 23.0 Å². The Morgan fingerprint density at radius 3 is 2.04 bits per heavy atom. The molecular weight excluding hydrogens is 320 g/mol. The van der Waals surface area contributed by atoms with Crippen molar-refractivity contribution < 1.29 is 24.4 Å². The Hall–Kier alpha value is -2.76. The van der Waals surface area contributed by atoms with E-state index in [2.05, 4.69) is 0 Å². The predicted molar refractivity (Wildman–Crippen MR) is 95.6 cm³/mol. The van der Waals surface area contributed by atoms with E-state index in [0.29, 0.717) is 23.0 Å². The summed E-state index contributed by atoms with van der Waals surface area (Å²) in [7, 11) is 0. The van der Waals surface area contributed by atoms with Gasteiger partial charge in [-0.3, -0.25) is 0 Å². The van der Waals surface area contributed by atoms with E-state index in [0.717, 1.165) is 10.8 Å². The molecule has 2 N–H and O–H groups in total. The lowest BCUT2D eigenvalue weighted by molar-refractivity contribution is 0.197. The highest BCUT2D eigenvalue weighted by Crippen LogP contribution is 2.43. The van der Waals surface area contributed by atoms with Gasteiger partial charge < -0.3 is 24.4 Å². The second-order valence-electron chi connectivity index (χ2n) is 5.31. The first kappa shape index (κ1) is 17.1. The number of hydrogen-bond donors (Lipinski definition) is 2. The molecule has 0 aromatic heterocycles. The minimum absolute atomic E-state index is 0.0774. The number of fused-ring (bicyclic) bond motifs is 1. The molecule has 3 rings (SSSR count). The van der Waals surface area contributed by atoms with Gasteiger partial charge in [0, 0.05) is 16.8 Å². The maximum Gasteiger partial charge on any atom is 0.173 e. The molecule has 0 aliphatic rings. The van der Waals surface area contributed by atoms with Gasteiger partial charge in [0.1, 0.15) is 24.7 Å². The number of rotatable bonds is 8. The molecule has 0 spiro atoms. The van der Waals surface area contributed by atoms with E-state index in [9.17, 15) is 0 Å². The van der Waals surface area contributed by atoms with Crippen molar-refractivity contribution in [1.29, 1.82) is 0 Å². The van der Waals surface area contributed by atoms with Gasteiger partial charge in [-0.2, -0.15) is 0 Å². The summed E-state index contributed by atoms with van der Waals surface area (Å²) in [6.45, 7) is 0.172. The Kier molecular flexibility index (Phi) is 5.72. The van der Waals surface area contributed by atoms with Crippen LogP contribution in [0.25, 0.3) is 10.8 Å². The molecule has 0 aliphatic heterocycles. The quantitative estimate of drug-likeness (QED) is 0.658. The fourth-order valence-corrected chi connectivity index (χ4v) is 2.55. The van der Waals surface area contributed by atoms with Crippen molar-refractivity contribution in [2.75, 3.05) is 26.4 Å². The maximum atomic E-state index is 9.13. The summed E-state index contributed by atoms with van der Waals surface area (Å²) in [6, 6.07) is 18.7. The van der Waals surface area contributed by atoms with Gasteiger partial charge in [0.25, 0.3) is 0 Å². The first-order chi connectivity index (χ1) is 12.3. The minimum Gasteiger partial charge on any atom is -0.490 e. The zero-order valence-corrected chi connectivity index (χ0v) is 13.7. The van der Waals surface area contributed by atoms with Crippen LogP contribution in [0.15, 0.2) is 60.7 Å². The Morgan fingerprint density at radius 2 is 1.32 bits per heavy atom. The minimum atomic E-state index is -0.0954. The average molecular weight is 340 g/mol. The molecule has 0 aliphatic carbocycles. The van der Waals surface area contributed by atoms with Crippen LogP contribution in [0.3, 0.4) is 0 Å². The zero-order valence-electron chi connectivity index (χ0n) is 13.7. The Balaban J connectivity index is 2.10. The van der Waals surface area contributed by atoms with Crippen LogP contribution in [0, 0.1) is 0 Å². The van der Waals surface area contributed by atoms with Gasteiger partial charge in [0.15, 0.2) is 11.5 Å². The third kappa shape index (κ3) is 4.02. The lowest BCUT2D eigenvalue weighted by atomic mass is 10.1. The van der Waals surface area contributed by atoms with Crippen molar-refractivity contribution in [2.45, 2.75) is 0 Å². The molecule has 0 radical (unpaired) electrons. The number of benzene rings is 3. The third-order valence-electron chi connectivity index (χ3n) is 3.58. The highest BCUT2D eigenvalue weighted by molar-refractivity contribution is 5.95.